The molecule has 3 aromatic rings. The van der Waals surface area contributed by atoms with Gasteiger partial charge in [0.1, 0.15) is 0 Å². The number of carbonyl (C=O) groups is 1. The van der Waals surface area contributed by atoms with E-state index in [-0.39, 0.29) is 10.8 Å². The van der Waals surface area contributed by atoms with Crippen LogP contribution in [0.1, 0.15) is 21.5 Å². The molecule has 0 unspecified atom stereocenters. The van der Waals surface area contributed by atoms with Crippen molar-refractivity contribution >= 4 is 33.0 Å². The highest BCUT2D eigenvalue weighted by Gasteiger charge is 2.31. The Kier molecular flexibility index (Phi) is 6.25. The van der Waals surface area contributed by atoms with E-state index in [4.69, 9.17) is 0 Å². The Morgan fingerprint density at radius 3 is 2.40 bits per heavy atom. The number of carbonyl (C=O) groups excluding carboxylic acids is 1. The average molecular weight is 491 g/mol. The van der Waals surface area contributed by atoms with Crippen molar-refractivity contribution in [1.29, 1.82) is 0 Å². The van der Waals surface area contributed by atoms with Gasteiger partial charge in [0.2, 0.25) is 0 Å². The van der Waals surface area contributed by atoms with E-state index in [0.717, 1.165) is 37.3 Å². The fourth-order valence-electron chi connectivity index (χ4n) is 4.82. The lowest BCUT2D eigenvalue weighted by Gasteiger charge is -2.35. The highest BCUT2D eigenvalue weighted by atomic mass is 32.2. The molecule has 1 amide bonds. The predicted octanol–water partition coefficient (Wildman–Crippen LogP) is 3.75. The molecule has 1 saturated heterocycles. The van der Waals surface area contributed by atoms with Crippen molar-refractivity contribution < 1.29 is 13.2 Å². The number of nitrogens with zero attached hydrogens (tertiary/aromatic N) is 3. The van der Waals surface area contributed by atoms with E-state index in [9.17, 15) is 13.2 Å². The van der Waals surface area contributed by atoms with Crippen molar-refractivity contribution in [3.05, 3.63) is 83.4 Å². The summed E-state index contributed by atoms with van der Waals surface area (Å²) in [6.07, 6.45) is 0.680. The van der Waals surface area contributed by atoms with Gasteiger partial charge in [-0.2, -0.15) is 0 Å². The third-order valence-corrected chi connectivity index (χ3v) is 8.64. The zero-order chi connectivity index (χ0) is 24.6. The first-order chi connectivity index (χ1) is 16.8. The zero-order valence-electron chi connectivity index (χ0n) is 20.1. The third kappa shape index (κ3) is 4.63. The van der Waals surface area contributed by atoms with Gasteiger partial charge in [-0.05, 0) is 74.0 Å². The van der Waals surface area contributed by atoms with Crippen molar-refractivity contribution in [3.63, 3.8) is 0 Å². The molecule has 7 nitrogen and oxygen atoms in total. The summed E-state index contributed by atoms with van der Waals surface area (Å²) < 4.78 is 28.2. The second-order valence-corrected chi connectivity index (χ2v) is 11.1. The van der Waals surface area contributed by atoms with Crippen LogP contribution in [0, 0.1) is 6.92 Å². The van der Waals surface area contributed by atoms with Crippen LogP contribution < -0.4 is 14.5 Å². The molecule has 5 rings (SSSR count). The number of nitrogens with one attached hydrogen (secondary N) is 1. The van der Waals surface area contributed by atoms with Gasteiger partial charge in [0.05, 0.1) is 10.6 Å². The molecule has 1 fully saturated rings. The Labute approximate surface area is 207 Å². The number of likely N-dealkylation sites (N-methyl/N-ethyl adjacent to an activating group) is 1. The molecule has 0 spiro atoms. The number of benzene rings is 3. The fourth-order valence-corrected chi connectivity index (χ4v) is 6.37. The molecule has 2 aliphatic heterocycles. The van der Waals surface area contributed by atoms with Gasteiger partial charge < -0.3 is 15.1 Å². The molecule has 0 atom stereocenters. The minimum atomic E-state index is -3.77. The average Bonchev–Trinajstić information content (AvgIpc) is 3.30. The van der Waals surface area contributed by atoms with Gasteiger partial charge in [-0.25, -0.2) is 8.42 Å². The van der Waals surface area contributed by atoms with Crippen molar-refractivity contribution in [3.8, 4) is 0 Å². The first kappa shape index (κ1) is 23.4. The molecule has 2 heterocycles. The van der Waals surface area contributed by atoms with E-state index in [0.29, 0.717) is 29.9 Å². The van der Waals surface area contributed by atoms with Gasteiger partial charge in [-0.1, -0.05) is 24.3 Å². The van der Waals surface area contributed by atoms with Crippen molar-refractivity contribution in [2.75, 3.05) is 54.3 Å². The summed E-state index contributed by atoms with van der Waals surface area (Å²) in [6, 6.07) is 19.7. The van der Waals surface area contributed by atoms with Crippen molar-refractivity contribution in [2.24, 2.45) is 0 Å². The van der Waals surface area contributed by atoms with Gasteiger partial charge in [0.25, 0.3) is 15.9 Å². The minimum absolute atomic E-state index is 0.114. The minimum Gasteiger partial charge on any atom is -0.369 e. The molecule has 0 bridgehead atoms. The summed E-state index contributed by atoms with van der Waals surface area (Å²) in [5.41, 5.74) is 4.98. The number of hydrogen-bond acceptors (Lipinski definition) is 5. The number of anilines is 3. The van der Waals surface area contributed by atoms with E-state index in [1.807, 2.05) is 49.4 Å². The number of fused-ring (bicyclic) bond motifs is 1. The summed E-state index contributed by atoms with van der Waals surface area (Å²) >= 11 is 0. The van der Waals surface area contributed by atoms with Gasteiger partial charge in [0, 0.05) is 49.7 Å². The number of para-hydroxylation sites is 1. The normalized spacial score (nSPS) is 16.3. The van der Waals surface area contributed by atoms with Crippen LogP contribution in [0.2, 0.25) is 0 Å². The molecule has 3 aromatic carbocycles. The van der Waals surface area contributed by atoms with Gasteiger partial charge >= 0.3 is 0 Å². The molecule has 35 heavy (non-hydrogen) atoms. The third-order valence-electron chi connectivity index (χ3n) is 6.83. The maximum Gasteiger partial charge on any atom is 0.264 e. The Morgan fingerprint density at radius 2 is 1.63 bits per heavy atom. The van der Waals surface area contributed by atoms with Crippen LogP contribution in [0.25, 0.3) is 0 Å². The molecule has 1 N–H and O–H groups in total. The lowest BCUT2D eigenvalue weighted by atomic mass is 10.1. The van der Waals surface area contributed by atoms with Crippen LogP contribution >= 0.6 is 0 Å². The lowest BCUT2D eigenvalue weighted by molar-refractivity contribution is 0.102. The van der Waals surface area contributed by atoms with E-state index in [2.05, 4.69) is 22.2 Å². The van der Waals surface area contributed by atoms with Gasteiger partial charge in [0.15, 0.2) is 0 Å². The first-order valence-corrected chi connectivity index (χ1v) is 13.3. The van der Waals surface area contributed by atoms with E-state index in [1.54, 1.807) is 18.2 Å². The molecular weight excluding hydrogens is 460 g/mol. The number of aryl methyl sites for hydroxylation is 1. The second kappa shape index (κ2) is 9.36. The lowest BCUT2D eigenvalue weighted by Crippen LogP contribution is -2.44. The van der Waals surface area contributed by atoms with Crippen LogP contribution in [-0.2, 0) is 16.4 Å². The number of rotatable bonds is 5. The standard InChI is InChI=1S/C27H30N4O3S/c1-20-18-23(10-11-25(20)30-16-14-29(2)15-17-30)28-27(32)22-7-5-8-24(19-22)35(33,34)31-13-12-21-6-3-4-9-26(21)31/h3-11,18-19H,12-17H2,1-2H3,(H,28,32). The number of hydrogen-bond donors (Lipinski definition) is 1. The monoisotopic (exact) mass is 490 g/mol. The Hall–Kier alpha value is -3.36. The van der Waals surface area contributed by atoms with Crippen molar-refractivity contribution in [2.45, 2.75) is 18.2 Å². The Balaban J connectivity index is 1.33. The predicted molar refractivity (Wildman–Crippen MR) is 140 cm³/mol. The van der Waals surface area contributed by atoms with E-state index < -0.39 is 10.0 Å². The maximum atomic E-state index is 13.4. The van der Waals surface area contributed by atoms with Crippen LogP contribution in [0.3, 0.4) is 0 Å². The van der Waals surface area contributed by atoms with Crippen LogP contribution in [0.5, 0.6) is 0 Å². The first-order valence-electron chi connectivity index (χ1n) is 11.9. The molecule has 0 aromatic heterocycles. The fraction of sp³-hybridized carbons (Fsp3) is 0.296. The van der Waals surface area contributed by atoms with Gasteiger partial charge in [-0.3, -0.25) is 9.10 Å². The summed E-state index contributed by atoms with van der Waals surface area (Å²) in [7, 11) is -1.63. The highest BCUT2D eigenvalue weighted by molar-refractivity contribution is 7.92. The molecule has 2 aliphatic rings. The van der Waals surface area contributed by atoms with Crippen LogP contribution in [0.15, 0.2) is 71.6 Å². The molecule has 0 saturated carbocycles. The highest BCUT2D eigenvalue weighted by Crippen LogP contribution is 2.33. The molecule has 182 valence electrons. The van der Waals surface area contributed by atoms with Crippen molar-refractivity contribution in [1.82, 2.24) is 4.90 Å². The zero-order valence-corrected chi connectivity index (χ0v) is 20.9. The molecule has 8 heteroatoms. The van der Waals surface area contributed by atoms with Crippen LogP contribution in [0.4, 0.5) is 17.1 Å². The Bertz CT molecular complexity index is 1360. The number of piperazine rings is 1. The maximum absolute atomic E-state index is 13.4. The van der Waals surface area contributed by atoms with E-state index in [1.165, 1.54) is 16.1 Å². The summed E-state index contributed by atoms with van der Waals surface area (Å²) in [5, 5.41) is 2.93. The molecule has 0 aliphatic carbocycles. The Morgan fingerprint density at radius 1 is 0.857 bits per heavy atom. The molecule has 0 radical (unpaired) electrons. The van der Waals surface area contributed by atoms with E-state index >= 15 is 0 Å². The number of sulfonamides is 1. The summed E-state index contributed by atoms with van der Waals surface area (Å²) in [5.74, 6) is -0.337. The quantitative estimate of drug-likeness (QED) is 0.590. The summed E-state index contributed by atoms with van der Waals surface area (Å²) in [4.78, 5) is 17.8. The smallest absolute Gasteiger partial charge is 0.264 e. The SMILES string of the molecule is Cc1cc(NC(=O)c2cccc(S(=O)(=O)N3CCc4ccccc43)c2)ccc1N1CCN(C)CC1. The largest absolute Gasteiger partial charge is 0.369 e. The second-order valence-electron chi connectivity index (χ2n) is 9.23. The number of amides is 1. The van der Waals surface area contributed by atoms with Gasteiger partial charge in [-0.15, -0.1) is 0 Å². The molecular formula is C27H30N4O3S. The summed E-state index contributed by atoms with van der Waals surface area (Å²) in [6.45, 7) is 6.46. The topological polar surface area (TPSA) is 73.0 Å². The van der Waals surface area contributed by atoms with Crippen LogP contribution in [-0.4, -0.2) is 59.0 Å².